The van der Waals surface area contributed by atoms with Crippen LogP contribution in [0.15, 0.2) is 36.4 Å². The monoisotopic (exact) mass is 501 g/mol. The first kappa shape index (κ1) is 24.1. The zero-order valence-corrected chi connectivity index (χ0v) is 20.8. The number of hydrogen-bond acceptors (Lipinski definition) is 5. The molecular formula is C29H32FN5O2. The zero-order valence-electron chi connectivity index (χ0n) is 20.8. The van der Waals surface area contributed by atoms with E-state index in [2.05, 4.69) is 22.0 Å². The molecule has 7 nitrogen and oxygen atoms in total. The minimum Gasteiger partial charge on any atom is -0.339 e. The van der Waals surface area contributed by atoms with E-state index >= 15 is 4.39 Å². The normalized spacial score (nSPS) is 25.7. The molecule has 2 amide bonds. The second-order valence-electron chi connectivity index (χ2n) is 10.9. The molecule has 0 radical (unpaired) electrons. The Bertz CT molecular complexity index is 1270. The van der Waals surface area contributed by atoms with Crippen molar-refractivity contribution < 1.29 is 14.0 Å². The van der Waals surface area contributed by atoms with E-state index in [0.29, 0.717) is 23.9 Å². The summed E-state index contributed by atoms with van der Waals surface area (Å²) in [6.45, 7) is 1.84. The van der Waals surface area contributed by atoms with Gasteiger partial charge in [-0.3, -0.25) is 9.59 Å². The lowest BCUT2D eigenvalue weighted by Crippen LogP contribution is -2.50. The van der Waals surface area contributed by atoms with Crippen molar-refractivity contribution >= 4 is 17.5 Å². The van der Waals surface area contributed by atoms with Crippen molar-refractivity contribution in [2.24, 2.45) is 5.92 Å². The first-order chi connectivity index (χ1) is 18.0. The van der Waals surface area contributed by atoms with Crippen LogP contribution in [-0.2, 0) is 22.4 Å². The lowest BCUT2D eigenvalue weighted by Gasteiger charge is -2.32. The standard InChI is InChI=1S/C29H32FN5O2/c30-25-14-18(17-4-6-26-21(11-17)15-27(36)35(26)24-7-9-32-10-8-24)1-2-19(25)12-23(16-31)34-29(37)28-20-3-5-22(13-20)33-28/h1-2,4,6,11,14,20,22-24,28,32-33H,3,5,7-10,12-13,15H2,(H,34,37)/t20?,22?,23-,28?/m0/s1. The van der Waals surface area contributed by atoms with Gasteiger partial charge in [0.25, 0.3) is 0 Å². The largest absolute Gasteiger partial charge is 0.339 e. The fourth-order valence-corrected chi connectivity index (χ4v) is 6.64. The molecule has 192 valence electrons. The van der Waals surface area contributed by atoms with E-state index < -0.39 is 11.9 Å². The molecule has 2 bridgehead atoms. The first-order valence-corrected chi connectivity index (χ1v) is 13.4. The maximum atomic E-state index is 15.1. The van der Waals surface area contributed by atoms with Crippen LogP contribution < -0.4 is 20.9 Å². The predicted molar refractivity (Wildman–Crippen MR) is 138 cm³/mol. The smallest absolute Gasteiger partial charge is 0.238 e. The van der Waals surface area contributed by atoms with Gasteiger partial charge in [-0.25, -0.2) is 4.39 Å². The van der Waals surface area contributed by atoms with E-state index in [9.17, 15) is 14.9 Å². The highest BCUT2D eigenvalue weighted by Gasteiger charge is 2.43. The molecule has 6 rings (SSSR count). The minimum absolute atomic E-state index is 0.110. The molecule has 4 aliphatic rings. The van der Waals surface area contributed by atoms with Gasteiger partial charge in [-0.1, -0.05) is 18.2 Å². The third-order valence-electron chi connectivity index (χ3n) is 8.55. The predicted octanol–water partition coefficient (Wildman–Crippen LogP) is 2.83. The number of nitrogens with zero attached hydrogens (tertiary/aromatic N) is 2. The molecule has 3 N–H and O–H groups in total. The number of piperidine rings is 2. The van der Waals surface area contributed by atoms with Crippen molar-refractivity contribution in [1.82, 2.24) is 16.0 Å². The number of nitrogens with one attached hydrogen (secondary N) is 3. The van der Waals surface area contributed by atoms with Gasteiger partial charge in [0.2, 0.25) is 11.8 Å². The lowest BCUT2D eigenvalue weighted by molar-refractivity contribution is -0.124. The van der Waals surface area contributed by atoms with Crippen LogP contribution in [-0.4, -0.2) is 49.1 Å². The zero-order chi connectivity index (χ0) is 25.5. The van der Waals surface area contributed by atoms with Gasteiger partial charge in [0, 0.05) is 24.2 Å². The molecule has 3 aliphatic heterocycles. The SMILES string of the molecule is N#C[C@H](Cc1ccc(-c2ccc3c(c2)CC(=O)N3C2CCNCC2)cc1F)NC(=O)C1NC2CCC1C2. The summed E-state index contributed by atoms with van der Waals surface area (Å²) < 4.78 is 15.1. The summed E-state index contributed by atoms with van der Waals surface area (Å²) in [5.74, 6) is -0.111. The third kappa shape index (κ3) is 4.62. The average molecular weight is 502 g/mol. The minimum atomic E-state index is -0.791. The van der Waals surface area contributed by atoms with Crippen molar-refractivity contribution in [3.05, 3.63) is 53.3 Å². The first-order valence-electron chi connectivity index (χ1n) is 13.4. The number of nitriles is 1. The van der Waals surface area contributed by atoms with Crippen molar-refractivity contribution in [1.29, 1.82) is 5.26 Å². The summed E-state index contributed by atoms with van der Waals surface area (Å²) >= 11 is 0. The Morgan fingerprint density at radius 3 is 2.62 bits per heavy atom. The molecule has 2 saturated heterocycles. The molecule has 0 aromatic heterocycles. The number of benzene rings is 2. The number of anilines is 1. The molecule has 3 unspecified atom stereocenters. The summed E-state index contributed by atoms with van der Waals surface area (Å²) in [6.07, 6.45) is 5.52. The Labute approximate surface area is 216 Å². The van der Waals surface area contributed by atoms with Gasteiger partial charge in [-0.2, -0.15) is 5.26 Å². The molecule has 0 spiro atoms. The maximum Gasteiger partial charge on any atom is 0.238 e. The fourth-order valence-electron chi connectivity index (χ4n) is 6.64. The molecule has 3 heterocycles. The summed E-state index contributed by atoms with van der Waals surface area (Å²) in [5.41, 5.74) is 3.92. The van der Waals surface area contributed by atoms with Gasteiger partial charge < -0.3 is 20.9 Å². The average Bonchev–Trinajstić information content (AvgIpc) is 3.63. The third-order valence-corrected chi connectivity index (χ3v) is 8.55. The Balaban J connectivity index is 1.14. The Morgan fingerprint density at radius 2 is 1.92 bits per heavy atom. The molecule has 8 heteroatoms. The van der Waals surface area contributed by atoms with Gasteiger partial charge in [0.15, 0.2) is 0 Å². The van der Waals surface area contributed by atoms with Crippen LogP contribution in [0, 0.1) is 23.1 Å². The number of fused-ring (bicyclic) bond motifs is 3. The van der Waals surface area contributed by atoms with Gasteiger partial charge >= 0.3 is 0 Å². The summed E-state index contributed by atoms with van der Waals surface area (Å²) in [4.78, 5) is 27.5. The van der Waals surface area contributed by atoms with Crippen molar-refractivity contribution in [2.75, 3.05) is 18.0 Å². The van der Waals surface area contributed by atoms with Crippen molar-refractivity contribution in [3.63, 3.8) is 0 Å². The van der Waals surface area contributed by atoms with E-state index in [1.807, 2.05) is 29.2 Å². The van der Waals surface area contributed by atoms with Crippen molar-refractivity contribution in [3.8, 4) is 17.2 Å². The van der Waals surface area contributed by atoms with E-state index in [0.717, 1.165) is 67.6 Å². The van der Waals surface area contributed by atoms with Crippen LogP contribution in [0.4, 0.5) is 10.1 Å². The van der Waals surface area contributed by atoms with E-state index in [-0.39, 0.29) is 30.3 Å². The Hall–Kier alpha value is -3.28. The van der Waals surface area contributed by atoms with Gasteiger partial charge in [-0.15, -0.1) is 0 Å². The lowest BCUT2D eigenvalue weighted by atomic mass is 9.97. The quantitative estimate of drug-likeness (QED) is 0.566. The second-order valence-corrected chi connectivity index (χ2v) is 10.9. The maximum absolute atomic E-state index is 15.1. The Morgan fingerprint density at radius 1 is 1.14 bits per heavy atom. The molecule has 2 aromatic rings. The topological polar surface area (TPSA) is 97.3 Å². The van der Waals surface area contributed by atoms with Crippen LogP contribution in [0.2, 0.25) is 0 Å². The Kier molecular flexibility index (Phi) is 6.43. The number of hydrogen-bond donors (Lipinski definition) is 3. The van der Waals surface area contributed by atoms with E-state index in [1.54, 1.807) is 6.07 Å². The summed E-state index contributed by atoms with van der Waals surface area (Å²) in [7, 11) is 0. The molecule has 1 aliphatic carbocycles. The van der Waals surface area contributed by atoms with E-state index in [1.165, 1.54) is 6.07 Å². The number of carbonyl (C=O) groups excluding carboxylic acids is 2. The molecule has 1 saturated carbocycles. The van der Waals surface area contributed by atoms with Crippen LogP contribution >= 0.6 is 0 Å². The van der Waals surface area contributed by atoms with Crippen LogP contribution in [0.5, 0.6) is 0 Å². The molecule has 37 heavy (non-hydrogen) atoms. The van der Waals surface area contributed by atoms with E-state index in [4.69, 9.17) is 0 Å². The van der Waals surface area contributed by atoms with Crippen LogP contribution in [0.1, 0.15) is 43.2 Å². The summed E-state index contributed by atoms with van der Waals surface area (Å²) in [6, 6.07) is 12.6. The van der Waals surface area contributed by atoms with Gasteiger partial charge in [0.05, 0.1) is 18.5 Å². The van der Waals surface area contributed by atoms with Crippen molar-refractivity contribution in [2.45, 2.75) is 69.1 Å². The fraction of sp³-hybridized carbons (Fsp3) is 0.483. The number of halogens is 1. The number of amides is 2. The molecule has 3 fully saturated rings. The van der Waals surface area contributed by atoms with Crippen LogP contribution in [0.25, 0.3) is 11.1 Å². The number of carbonyl (C=O) groups is 2. The summed E-state index contributed by atoms with van der Waals surface area (Å²) in [5, 5.41) is 19.1. The highest BCUT2D eigenvalue weighted by atomic mass is 19.1. The molecule has 2 aromatic carbocycles. The van der Waals surface area contributed by atoms with Gasteiger partial charge in [0.1, 0.15) is 11.9 Å². The molecule has 4 atom stereocenters. The highest BCUT2D eigenvalue weighted by molar-refractivity contribution is 6.02. The van der Waals surface area contributed by atoms with Crippen LogP contribution in [0.3, 0.4) is 0 Å². The highest BCUT2D eigenvalue weighted by Crippen LogP contribution is 2.37. The second kappa shape index (κ2) is 9.88. The number of rotatable bonds is 6. The van der Waals surface area contributed by atoms with Gasteiger partial charge in [-0.05, 0) is 91.6 Å². The molecular weight excluding hydrogens is 469 g/mol.